The number of nitrogens with one attached hydrogen (secondary N) is 1. The number of carbonyl (C=O) groups excluding carboxylic acids is 1. The SMILES string of the molecule is Cc1ccc(Sc2ccccc2N2CCNC(=O)C2)c(C)c1. The molecule has 0 unspecified atom stereocenters. The Morgan fingerprint density at radius 3 is 2.68 bits per heavy atom. The molecule has 1 fully saturated rings. The zero-order valence-electron chi connectivity index (χ0n) is 12.9. The van der Waals surface area contributed by atoms with Gasteiger partial charge in [-0.2, -0.15) is 0 Å². The first kappa shape index (κ1) is 15.0. The van der Waals surface area contributed by atoms with Crippen molar-refractivity contribution in [1.82, 2.24) is 5.32 Å². The van der Waals surface area contributed by atoms with Crippen molar-refractivity contribution in [3.63, 3.8) is 0 Å². The Balaban J connectivity index is 1.89. The highest BCUT2D eigenvalue weighted by Gasteiger charge is 2.19. The van der Waals surface area contributed by atoms with Crippen LogP contribution in [0.3, 0.4) is 0 Å². The summed E-state index contributed by atoms with van der Waals surface area (Å²) in [7, 11) is 0. The van der Waals surface area contributed by atoms with Gasteiger partial charge in [-0.3, -0.25) is 4.79 Å². The molecule has 3 rings (SSSR count). The zero-order chi connectivity index (χ0) is 15.5. The van der Waals surface area contributed by atoms with E-state index in [0.29, 0.717) is 13.1 Å². The standard InChI is InChI=1S/C18H20N2OS/c1-13-7-8-16(14(2)11-13)22-17-6-4-3-5-15(17)20-10-9-19-18(21)12-20/h3-8,11H,9-10,12H2,1-2H3,(H,19,21). The molecule has 1 amide bonds. The molecule has 1 aliphatic heterocycles. The van der Waals surface area contributed by atoms with Gasteiger partial charge < -0.3 is 10.2 Å². The van der Waals surface area contributed by atoms with Crippen molar-refractivity contribution in [2.24, 2.45) is 0 Å². The van der Waals surface area contributed by atoms with Gasteiger partial charge >= 0.3 is 0 Å². The molecule has 0 saturated carbocycles. The molecule has 3 nitrogen and oxygen atoms in total. The Morgan fingerprint density at radius 2 is 1.91 bits per heavy atom. The first-order valence-corrected chi connectivity index (χ1v) is 8.31. The third-order valence-electron chi connectivity index (χ3n) is 3.79. The summed E-state index contributed by atoms with van der Waals surface area (Å²) in [5.41, 5.74) is 3.71. The van der Waals surface area contributed by atoms with E-state index in [1.54, 1.807) is 11.8 Å². The van der Waals surface area contributed by atoms with Crippen molar-refractivity contribution in [3.05, 3.63) is 53.6 Å². The van der Waals surface area contributed by atoms with E-state index in [1.807, 2.05) is 6.07 Å². The van der Waals surface area contributed by atoms with Crippen LogP contribution in [0.5, 0.6) is 0 Å². The maximum atomic E-state index is 11.6. The first-order chi connectivity index (χ1) is 10.6. The van der Waals surface area contributed by atoms with E-state index in [4.69, 9.17) is 0 Å². The second kappa shape index (κ2) is 6.44. The lowest BCUT2D eigenvalue weighted by atomic mass is 10.2. The second-order valence-electron chi connectivity index (χ2n) is 5.61. The molecule has 0 radical (unpaired) electrons. The van der Waals surface area contributed by atoms with Crippen LogP contribution < -0.4 is 10.2 Å². The molecule has 0 bridgehead atoms. The Bertz CT molecular complexity index is 699. The van der Waals surface area contributed by atoms with Crippen molar-refractivity contribution in [3.8, 4) is 0 Å². The van der Waals surface area contributed by atoms with Gasteiger partial charge in [-0.1, -0.05) is 41.6 Å². The predicted molar refractivity (Wildman–Crippen MR) is 91.7 cm³/mol. The minimum absolute atomic E-state index is 0.0950. The van der Waals surface area contributed by atoms with Crippen LogP contribution in [0, 0.1) is 13.8 Å². The lowest BCUT2D eigenvalue weighted by Gasteiger charge is -2.30. The second-order valence-corrected chi connectivity index (χ2v) is 6.69. The van der Waals surface area contributed by atoms with Gasteiger partial charge in [0.25, 0.3) is 0 Å². The van der Waals surface area contributed by atoms with Gasteiger partial charge in [-0.05, 0) is 37.6 Å². The first-order valence-electron chi connectivity index (χ1n) is 7.49. The maximum absolute atomic E-state index is 11.6. The van der Waals surface area contributed by atoms with E-state index >= 15 is 0 Å². The summed E-state index contributed by atoms with van der Waals surface area (Å²) in [6, 6.07) is 14.9. The third kappa shape index (κ3) is 3.28. The van der Waals surface area contributed by atoms with E-state index in [2.05, 4.69) is 60.5 Å². The van der Waals surface area contributed by atoms with Crippen LogP contribution in [0.2, 0.25) is 0 Å². The van der Waals surface area contributed by atoms with Crippen molar-refractivity contribution < 1.29 is 4.79 Å². The van der Waals surface area contributed by atoms with Crippen molar-refractivity contribution in [1.29, 1.82) is 0 Å². The number of benzene rings is 2. The molecule has 1 aliphatic rings. The van der Waals surface area contributed by atoms with Crippen LogP contribution in [0.1, 0.15) is 11.1 Å². The molecule has 1 N–H and O–H groups in total. The van der Waals surface area contributed by atoms with Gasteiger partial charge in [0.2, 0.25) is 5.91 Å². The van der Waals surface area contributed by atoms with Crippen LogP contribution >= 0.6 is 11.8 Å². The highest BCUT2D eigenvalue weighted by molar-refractivity contribution is 7.99. The number of amides is 1. The van der Waals surface area contributed by atoms with E-state index < -0.39 is 0 Å². The molecule has 114 valence electrons. The lowest BCUT2D eigenvalue weighted by molar-refractivity contribution is -0.120. The van der Waals surface area contributed by atoms with E-state index in [0.717, 1.165) is 12.2 Å². The number of hydrogen-bond acceptors (Lipinski definition) is 3. The maximum Gasteiger partial charge on any atom is 0.239 e. The summed E-state index contributed by atoms with van der Waals surface area (Å²) in [5, 5.41) is 2.88. The molecule has 4 heteroatoms. The Hall–Kier alpha value is -1.94. The number of nitrogens with zero attached hydrogens (tertiary/aromatic N) is 1. The highest BCUT2D eigenvalue weighted by Crippen LogP contribution is 2.37. The topological polar surface area (TPSA) is 32.3 Å². The van der Waals surface area contributed by atoms with Crippen molar-refractivity contribution in [2.75, 3.05) is 24.5 Å². The minimum Gasteiger partial charge on any atom is -0.360 e. The van der Waals surface area contributed by atoms with E-state index in [-0.39, 0.29) is 5.91 Å². The van der Waals surface area contributed by atoms with Crippen LogP contribution in [0.25, 0.3) is 0 Å². The Morgan fingerprint density at radius 1 is 1.09 bits per heavy atom. The normalized spacial score (nSPS) is 14.8. The Labute approximate surface area is 135 Å². The smallest absolute Gasteiger partial charge is 0.239 e. The average molecular weight is 312 g/mol. The largest absolute Gasteiger partial charge is 0.360 e. The molecule has 22 heavy (non-hydrogen) atoms. The summed E-state index contributed by atoms with van der Waals surface area (Å²) in [6.07, 6.45) is 0. The highest BCUT2D eigenvalue weighted by atomic mass is 32.2. The molecule has 2 aromatic rings. The fourth-order valence-corrected chi connectivity index (χ4v) is 3.72. The number of piperazine rings is 1. The van der Waals surface area contributed by atoms with E-state index in [9.17, 15) is 4.79 Å². The van der Waals surface area contributed by atoms with Crippen LogP contribution in [0.15, 0.2) is 52.3 Å². The van der Waals surface area contributed by atoms with Gasteiger partial charge in [0.05, 0.1) is 12.2 Å². The number of carbonyl (C=O) groups is 1. The number of anilines is 1. The van der Waals surface area contributed by atoms with Crippen LogP contribution in [-0.2, 0) is 4.79 Å². The van der Waals surface area contributed by atoms with Crippen molar-refractivity contribution in [2.45, 2.75) is 23.6 Å². The fourth-order valence-electron chi connectivity index (χ4n) is 2.68. The molecular formula is C18H20N2OS. The number of rotatable bonds is 3. The van der Waals surface area contributed by atoms with Crippen LogP contribution in [0.4, 0.5) is 5.69 Å². The molecule has 0 atom stereocenters. The van der Waals surface area contributed by atoms with Gasteiger partial charge in [-0.25, -0.2) is 0 Å². The Kier molecular flexibility index (Phi) is 4.39. The van der Waals surface area contributed by atoms with Gasteiger partial charge in [-0.15, -0.1) is 0 Å². The van der Waals surface area contributed by atoms with Gasteiger partial charge in [0.15, 0.2) is 0 Å². The number of hydrogen-bond donors (Lipinski definition) is 1. The summed E-state index contributed by atoms with van der Waals surface area (Å²) in [4.78, 5) is 16.3. The molecule has 1 heterocycles. The van der Waals surface area contributed by atoms with Crippen LogP contribution in [-0.4, -0.2) is 25.5 Å². The van der Waals surface area contributed by atoms with Gasteiger partial charge in [0.1, 0.15) is 0 Å². The lowest BCUT2D eigenvalue weighted by Crippen LogP contribution is -2.47. The number of para-hydroxylation sites is 1. The molecule has 0 spiro atoms. The monoisotopic (exact) mass is 312 g/mol. The quantitative estimate of drug-likeness (QED) is 0.943. The molecule has 2 aromatic carbocycles. The summed E-state index contributed by atoms with van der Waals surface area (Å²) < 4.78 is 0. The van der Waals surface area contributed by atoms with E-state index in [1.165, 1.54) is 20.9 Å². The van der Waals surface area contributed by atoms with Crippen molar-refractivity contribution >= 4 is 23.4 Å². The summed E-state index contributed by atoms with van der Waals surface area (Å²) in [5.74, 6) is 0.0950. The predicted octanol–water partition coefficient (Wildman–Crippen LogP) is 3.39. The number of aryl methyl sites for hydroxylation is 2. The molecule has 0 aliphatic carbocycles. The summed E-state index contributed by atoms with van der Waals surface area (Å²) >= 11 is 1.77. The molecule has 1 saturated heterocycles. The molecule has 0 aromatic heterocycles. The fraction of sp³-hybridized carbons (Fsp3) is 0.278. The molecular weight excluding hydrogens is 292 g/mol. The van der Waals surface area contributed by atoms with Gasteiger partial charge in [0, 0.05) is 22.9 Å². The summed E-state index contributed by atoms with van der Waals surface area (Å²) in [6.45, 7) is 6.26. The minimum atomic E-state index is 0.0950. The average Bonchev–Trinajstić information content (AvgIpc) is 2.50. The third-order valence-corrected chi connectivity index (χ3v) is 5.04. The zero-order valence-corrected chi connectivity index (χ0v) is 13.7.